The van der Waals surface area contributed by atoms with Crippen LogP contribution in [-0.2, 0) is 26.2 Å². The maximum absolute atomic E-state index is 4.03. The molecule has 0 saturated carbocycles. The van der Waals surface area contributed by atoms with Crippen molar-refractivity contribution in [2.45, 2.75) is 27.7 Å². The van der Waals surface area contributed by atoms with Crippen LogP contribution in [0.15, 0.2) is 61.2 Å². The summed E-state index contributed by atoms with van der Waals surface area (Å²) >= 11 is 0. The molecule has 0 atom stereocenters. The molecule has 0 N–H and O–H groups in total. The van der Waals surface area contributed by atoms with E-state index in [9.17, 15) is 0 Å². The van der Waals surface area contributed by atoms with E-state index in [1.54, 1.807) is 6.20 Å². The molecule has 0 saturated heterocycles. The second-order valence-electron chi connectivity index (χ2n) is 6.07. The molecule has 0 bridgehead atoms. The zero-order valence-corrected chi connectivity index (χ0v) is 19.4. The van der Waals surface area contributed by atoms with Gasteiger partial charge in [0.2, 0.25) is 0 Å². The third kappa shape index (κ3) is 5.42. The standard InChI is InChI=1S/C12H9N2.C9H13.2ClH.Zr/c1-2-4-11-8-12(7-10(11)3-1)14-6-5-13-9-14;1-6-5-7(2)9(4)8(6)3;;;/h1-9H;5H,1-4H3;2*1H;/q2*-1;;;+4/p-2. The van der Waals surface area contributed by atoms with E-state index in [1.807, 2.05) is 17.1 Å². The van der Waals surface area contributed by atoms with Crippen LogP contribution in [-0.4, -0.2) is 9.55 Å². The van der Waals surface area contributed by atoms with Gasteiger partial charge in [-0.25, -0.2) is 4.98 Å². The Morgan fingerprint density at radius 1 is 1.08 bits per heavy atom. The van der Waals surface area contributed by atoms with Gasteiger partial charge in [-0.15, -0.1) is 41.1 Å². The third-order valence-electron chi connectivity index (χ3n) is 4.58. The van der Waals surface area contributed by atoms with E-state index in [1.165, 1.54) is 38.7 Å². The monoisotopic (exact) mass is 462 g/mol. The summed E-state index contributed by atoms with van der Waals surface area (Å²) in [6, 6.07) is 14.9. The van der Waals surface area contributed by atoms with Gasteiger partial charge in [0, 0.05) is 12.4 Å². The van der Waals surface area contributed by atoms with Crippen LogP contribution in [0.5, 0.6) is 0 Å². The van der Waals surface area contributed by atoms with Crippen molar-refractivity contribution in [2.75, 3.05) is 0 Å². The normalized spacial score (nSPS) is 9.38. The van der Waals surface area contributed by atoms with Crippen molar-refractivity contribution in [1.29, 1.82) is 0 Å². The molecule has 0 amide bonds. The average molecular weight is 465 g/mol. The molecule has 4 rings (SSSR count). The zero-order chi connectivity index (χ0) is 16.4. The second kappa shape index (κ2) is 10.9. The summed E-state index contributed by atoms with van der Waals surface area (Å²) in [5, 5.41) is 2.55. The molecule has 0 aliphatic carbocycles. The van der Waals surface area contributed by atoms with Crippen LogP contribution in [0.4, 0.5) is 0 Å². The van der Waals surface area contributed by atoms with E-state index in [-0.39, 0.29) is 51.0 Å². The Hall–Kier alpha value is -1.15. The van der Waals surface area contributed by atoms with Crippen molar-refractivity contribution in [3.8, 4) is 5.69 Å². The summed E-state index contributed by atoms with van der Waals surface area (Å²) in [5.41, 5.74) is 6.92. The zero-order valence-electron chi connectivity index (χ0n) is 15.4. The molecule has 5 heteroatoms. The Morgan fingerprint density at radius 3 is 2.23 bits per heavy atom. The second-order valence-corrected chi connectivity index (χ2v) is 6.07. The fourth-order valence-electron chi connectivity index (χ4n) is 2.83. The summed E-state index contributed by atoms with van der Waals surface area (Å²) in [7, 11) is 0. The van der Waals surface area contributed by atoms with E-state index in [0.29, 0.717) is 0 Å². The summed E-state index contributed by atoms with van der Waals surface area (Å²) in [5.74, 6) is 0. The molecule has 4 aromatic rings. The van der Waals surface area contributed by atoms with Gasteiger partial charge in [0.05, 0.1) is 6.33 Å². The van der Waals surface area contributed by atoms with Crippen LogP contribution in [0.25, 0.3) is 16.5 Å². The van der Waals surface area contributed by atoms with Gasteiger partial charge in [-0.05, 0) is 5.69 Å². The molecule has 0 spiro atoms. The molecular formula is C21H22Cl2N2Zr. The molecule has 0 aliphatic rings. The van der Waals surface area contributed by atoms with Gasteiger partial charge < -0.3 is 29.4 Å². The van der Waals surface area contributed by atoms with Crippen molar-refractivity contribution in [1.82, 2.24) is 9.55 Å². The van der Waals surface area contributed by atoms with E-state index >= 15 is 0 Å². The average Bonchev–Trinajstić information content (AvgIpc) is 3.25. The fourth-order valence-corrected chi connectivity index (χ4v) is 2.83. The Labute approximate surface area is 187 Å². The van der Waals surface area contributed by atoms with Crippen molar-refractivity contribution in [2.24, 2.45) is 0 Å². The van der Waals surface area contributed by atoms with Gasteiger partial charge in [-0.1, -0.05) is 33.8 Å². The molecule has 0 fully saturated rings. The molecule has 0 unspecified atom stereocenters. The topological polar surface area (TPSA) is 17.8 Å². The van der Waals surface area contributed by atoms with Crippen molar-refractivity contribution >= 4 is 10.8 Å². The van der Waals surface area contributed by atoms with Crippen LogP contribution < -0.4 is 24.8 Å². The summed E-state index contributed by atoms with van der Waals surface area (Å²) in [4.78, 5) is 4.03. The molecular weight excluding hydrogens is 442 g/mol. The van der Waals surface area contributed by atoms with Gasteiger partial charge in [0.1, 0.15) is 0 Å². The number of imidazole rings is 1. The minimum Gasteiger partial charge on any atom is -1.00 e. The Morgan fingerprint density at radius 2 is 1.77 bits per heavy atom. The first-order chi connectivity index (χ1) is 11.1. The first-order valence-electron chi connectivity index (χ1n) is 7.90. The van der Waals surface area contributed by atoms with E-state index in [0.717, 1.165) is 0 Å². The van der Waals surface area contributed by atoms with E-state index in [2.05, 4.69) is 75.1 Å². The fraction of sp³-hybridized carbons (Fsp3) is 0.190. The van der Waals surface area contributed by atoms with Crippen LogP contribution in [0, 0.1) is 27.7 Å². The molecule has 0 radical (unpaired) electrons. The summed E-state index contributed by atoms with van der Waals surface area (Å²) in [6.45, 7) is 8.68. The molecule has 2 nitrogen and oxygen atoms in total. The van der Waals surface area contributed by atoms with Crippen molar-refractivity contribution in [3.05, 3.63) is 83.4 Å². The number of hydrogen-bond donors (Lipinski definition) is 0. The number of hydrogen-bond acceptors (Lipinski definition) is 1. The van der Waals surface area contributed by atoms with Gasteiger partial charge >= 0.3 is 26.2 Å². The van der Waals surface area contributed by atoms with Crippen molar-refractivity contribution in [3.63, 3.8) is 0 Å². The first kappa shape index (κ1) is 24.9. The molecule has 3 aromatic carbocycles. The summed E-state index contributed by atoms with van der Waals surface area (Å²) < 4.78 is 2.01. The number of aromatic nitrogens is 2. The van der Waals surface area contributed by atoms with Crippen LogP contribution in [0.2, 0.25) is 0 Å². The number of rotatable bonds is 1. The third-order valence-corrected chi connectivity index (χ3v) is 4.58. The number of nitrogens with zero attached hydrogens (tertiary/aromatic N) is 2. The maximum atomic E-state index is 4.03. The largest absolute Gasteiger partial charge is 4.00 e. The van der Waals surface area contributed by atoms with Gasteiger partial charge in [-0.3, -0.25) is 0 Å². The van der Waals surface area contributed by atoms with Gasteiger partial charge in [0.25, 0.3) is 0 Å². The number of benzene rings is 1. The molecule has 134 valence electrons. The SMILES string of the molecule is Cc1c[c-](C)c(C)c1C.[Cl-].[Cl-].[Zr+4].c1ccc2[cH-]c(-n3ccnc3)cc2c1. The minimum atomic E-state index is 0. The molecule has 0 aliphatic heterocycles. The summed E-state index contributed by atoms with van der Waals surface area (Å²) in [6.07, 6.45) is 5.56. The van der Waals surface area contributed by atoms with Gasteiger partial charge in [-0.2, -0.15) is 28.3 Å². The molecule has 1 aromatic heterocycles. The first-order valence-corrected chi connectivity index (χ1v) is 7.90. The smallest absolute Gasteiger partial charge is 1.00 e. The van der Waals surface area contributed by atoms with Crippen molar-refractivity contribution < 1.29 is 51.0 Å². The predicted octanol–water partition coefficient (Wildman–Crippen LogP) is -0.611. The van der Waals surface area contributed by atoms with Crippen LogP contribution in [0.1, 0.15) is 22.3 Å². The van der Waals surface area contributed by atoms with E-state index in [4.69, 9.17) is 0 Å². The van der Waals surface area contributed by atoms with Crippen LogP contribution >= 0.6 is 0 Å². The van der Waals surface area contributed by atoms with Gasteiger partial charge in [0.15, 0.2) is 0 Å². The molecule has 26 heavy (non-hydrogen) atoms. The van der Waals surface area contributed by atoms with Crippen LogP contribution in [0.3, 0.4) is 0 Å². The molecule has 1 heterocycles. The maximum Gasteiger partial charge on any atom is 4.00 e. The number of fused-ring (bicyclic) bond motifs is 1. The quantitative estimate of drug-likeness (QED) is 0.344. The van der Waals surface area contributed by atoms with E-state index < -0.39 is 0 Å². The number of halogens is 2. The Balaban J connectivity index is 0.000000466. The Kier molecular flexibility index (Phi) is 10.4. The Bertz CT molecular complexity index is 865. The number of aryl methyl sites for hydroxylation is 2. The minimum absolute atomic E-state index is 0. The predicted molar refractivity (Wildman–Crippen MR) is 97.6 cm³/mol.